The van der Waals surface area contributed by atoms with Crippen LogP contribution in [-0.4, -0.2) is 31.7 Å². The number of benzene rings is 2. The number of nitrogens with zero attached hydrogens (tertiary/aromatic N) is 1. The molecule has 0 spiro atoms. The third kappa shape index (κ3) is 3.79. The molecular formula is C23H26N2O3. The van der Waals surface area contributed by atoms with Crippen molar-refractivity contribution in [3.63, 3.8) is 0 Å². The van der Waals surface area contributed by atoms with E-state index in [-0.39, 0.29) is 11.3 Å². The lowest BCUT2D eigenvalue weighted by Crippen LogP contribution is -2.36. The first kappa shape index (κ1) is 19.7. The summed E-state index contributed by atoms with van der Waals surface area (Å²) in [7, 11) is 3.23. The smallest absolute Gasteiger partial charge is 0.253 e. The highest BCUT2D eigenvalue weighted by atomic mass is 16.5. The molecule has 1 aromatic heterocycles. The van der Waals surface area contributed by atoms with Crippen LogP contribution in [0.3, 0.4) is 0 Å². The molecule has 1 N–H and O–H groups in total. The van der Waals surface area contributed by atoms with Crippen molar-refractivity contribution < 1.29 is 14.3 Å². The second kappa shape index (κ2) is 7.89. The van der Waals surface area contributed by atoms with Gasteiger partial charge in [-0.05, 0) is 35.6 Å². The van der Waals surface area contributed by atoms with Crippen molar-refractivity contribution in [1.29, 1.82) is 0 Å². The average molecular weight is 378 g/mol. The fourth-order valence-electron chi connectivity index (χ4n) is 3.28. The molecule has 2 aromatic carbocycles. The highest BCUT2D eigenvalue weighted by Crippen LogP contribution is 2.33. The fourth-order valence-corrected chi connectivity index (χ4v) is 3.28. The standard InChI is InChI=1S/C23H26N2O3/c1-15-7-6-8-17-18(15)12-24-13-19(17)22(26)25-14-23(2,3)16-9-10-20(27-4)21(11-16)28-5/h6-13H,14H2,1-5H3,(H,25,26). The predicted octanol–water partition coefficient (Wildman–Crippen LogP) is 4.27. The number of rotatable bonds is 6. The number of fused-ring (bicyclic) bond motifs is 1. The molecule has 0 aliphatic rings. The van der Waals surface area contributed by atoms with Gasteiger partial charge in [0.05, 0.1) is 19.8 Å². The lowest BCUT2D eigenvalue weighted by molar-refractivity contribution is 0.0947. The highest BCUT2D eigenvalue weighted by molar-refractivity contribution is 6.07. The molecule has 0 aliphatic heterocycles. The van der Waals surface area contributed by atoms with Crippen molar-refractivity contribution in [2.45, 2.75) is 26.2 Å². The third-order valence-electron chi connectivity index (χ3n) is 5.12. The lowest BCUT2D eigenvalue weighted by Gasteiger charge is -2.26. The van der Waals surface area contributed by atoms with Gasteiger partial charge in [-0.1, -0.05) is 38.1 Å². The molecular weight excluding hydrogens is 352 g/mol. The van der Waals surface area contributed by atoms with Crippen molar-refractivity contribution in [2.75, 3.05) is 20.8 Å². The number of methoxy groups -OCH3 is 2. The Morgan fingerprint density at radius 2 is 1.79 bits per heavy atom. The van der Waals surface area contributed by atoms with Gasteiger partial charge in [0, 0.05) is 29.7 Å². The third-order valence-corrected chi connectivity index (χ3v) is 5.12. The maximum atomic E-state index is 12.9. The number of carbonyl (C=O) groups excluding carboxylic acids is 1. The molecule has 28 heavy (non-hydrogen) atoms. The number of ether oxygens (including phenoxy) is 2. The second-order valence-corrected chi connectivity index (χ2v) is 7.49. The van der Waals surface area contributed by atoms with Crippen molar-refractivity contribution >= 4 is 16.7 Å². The van der Waals surface area contributed by atoms with Crippen molar-refractivity contribution in [1.82, 2.24) is 10.3 Å². The Morgan fingerprint density at radius 3 is 2.50 bits per heavy atom. The Labute approximate surface area is 165 Å². The van der Waals surface area contributed by atoms with Gasteiger partial charge in [-0.25, -0.2) is 0 Å². The number of hydrogen-bond donors (Lipinski definition) is 1. The van der Waals surface area contributed by atoms with Gasteiger partial charge in [0.2, 0.25) is 0 Å². The lowest BCUT2D eigenvalue weighted by atomic mass is 9.84. The Balaban J connectivity index is 1.82. The fraction of sp³-hybridized carbons (Fsp3) is 0.304. The zero-order valence-electron chi connectivity index (χ0n) is 17.0. The summed E-state index contributed by atoms with van der Waals surface area (Å²) < 4.78 is 10.7. The minimum absolute atomic E-state index is 0.128. The van der Waals surface area contributed by atoms with Crippen LogP contribution >= 0.6 is 0 Å². The van der Waals surface area contributed by atoms with E-state index in [1.807, 2.05) is 43.3 Å². The molecule has 0 fully saturated rings. The van der Waals surface area contributed by atoms with Gasteiger partial charge >= 0.3 is 0 Å². The normalized spacial score (nSPS) is 11.3. The number of aromatic nitrogens is 1. The molecule has 146 valence electrons. The van der Waals surface area contributed by atoms with E-state index in [0.717, 1.165) is 21.9 Å². The van der Waals surface area contributed by atoms with Crippen LogP contribution in [0, 0.1) is 6.92 Å². The molecule has 0 unspecified atom stereocenters. The molecule has 0 atom stereocenters. The second-order valence-electron chi connectivity index (χ2n) is 7.49. The number of nitrogens with one attached hydrogen (secondary N) is 1. The van der Waals surface area contributed by atoms with Crippen molar-refractivity contribution in [3.05, 3.63) is 65.5 Å². The minimum Gasteiger partial charge on any atom is -0.493 e. The summed E-state index contributed by atoms with van der Waals surface area (Å²) in [4.78, 5) is 17.1. The van der Waals surface area contributed by atoms with Crippen LogP contribution in [0.1, 0.15) is 35.3 Å². The maximum Gasteiger partial charge on any atom is 0.253 e. The molecule has 0 saturated heterocycles. The van der Waals surface area contributed by atoms with Crippen LogP contribution in [-0.2, 0) is 5.41 Å². The molecule has 1 amide bonds. The Morgan fingerprint density at radius 1 is 1.04 bits per heavy atom. The topological polar surface area (TPSA) is 60.5 Å². The predicted molar refractivity (Wildman–Crippen MR) is 111 cm³/mol. The van der Waals surface area contributed by atoms with E-state index in [9.17, 15) is 4.79 Å². The number of hydrogen-bond acceptors (Lipinski definition) is 4. The number of pyridine rings is 1. The quantitative estimate of drug-likeness (QED) is 0.696. The van der Waals surface area contributed by atoms with Gasteiger partial charge in [0.1, 0.15) is 0 Å². The zero-order chi connectivity index (χ0) is 20.3. The summed E-state index contributed by atoms with van der Waals surface area (Å²) in [5.74, 6) is 1.23. The summed E-state index contributed by atoms with van der Waals surface area (Å²) in [6.45, 7) is 6.66. The molecule has 5 heteroatoms. The summed E-state index contributed by atoms with van der Waals surface area (Å²) in [6.07, 6.45) is 3.43. The molecule has 0 radical (unpaired) electrons. The van der Waals surface area contributed by atoms with Crippen LogP contribution in [0.2, 0.25) is 0 Å². The maximum absolute atomic E-state index is 12.9. The van der Waals surface area contributed by atoms with E-state index in [1.54, 1.807) is 26.6 Å². The van der Waals surface area contributed by atoms with Crippen molar-refractivity contribution in [2.24, 2.45) is 0 Å². The van der Waals surface area contributed by atoms with Gasteiger partial charge in [0.15, 0.2) is 11.5 Å². The summed E-state index contributed by atoms with van der Waals surface area (Å²) in [5.41, 5.74) is 2.45. The van der Waals surface area contributed by atoms with Gasteiger partial charge in [-0.15, -0.1) is 0 Å². The van der Waals surface area contributed by atoms with E-state index in [2.05, 4.69) is 24.1 Å². The molecule has 0 bridgehead atoms. The van der Waals surface area contributed by atoms with Gasteiger partial charge < -0.3 is 14.8 Å². The summed E-state index contributed by atoms with van der Waals surface area (Å²) in [6, 6.07) is 11.8. The van der Waals surface area contributed by atoms with Gasteiger partial charge in [-0.2, -0.15) is 0 Å². The van der Waals surface area contributed by atoms with Crippen LogP contribution in [0.25, 0.3) is 10.8 Å². The molecule has 3 rings (SSSR count). The number of aryl methyl sites for hydroxylation is 1. The largest absolute Gasteiger partial charge is 0.493 e. The van der Waals surface area contributed by atoms with Crippen LogP contribution in [0.5, 0.6) is 11.5 Å². The molecule has 0 saturated carbocycles. The van der Waals surface area contributed by atoms with Crippen molar-refractivity contribution in [3.8, 4) is 11.5 Å². The highest BCUT2D eigenvalue weighted by Gasteiger charge is 2.24. The molecule has 5 nitrogen and oxygen atoms in total. The van der Waals surface area contributed by atoms with Crippen LogP contribution < -0.4 is 14.8 Å². The molecule has 3 aromatic rings. The Kier molecular flexibility index (Phi) is 5.54. The first-order chi connectivity index (χ1) is 13.4. The summed E-state index contributed by atoms with van der Waals surface area (Å²) >= 11 is 0. The Hall–Kier alpha value is -3.08. The van der Waals surface area contributed by atoms with Crippen LogP contribution in [0.4, 0.5) is 0 Å². The minimum atomic E-state index is -0.289. The Bertz CT molecular complexity index is 1010. The monoisotopic (exact) mass is 378 g/mol. The first-order valence-corrected chi connectivity index (χ1v) is 9.21. The van der Waals surface area contributed by atoms with Crippen LogP contribution in [0.15, 0.2) is 48.8 Å². The van der Waals surface area contributed by atoms with E-state index in [4.69, 9.17) is 9.47 Å². The first-order valence-electron chi connectivity index (χ1n) is 9.21. The number of amides is 1. The zero-order valence-corrected chi connectivity index (χ0v) is 17.0. The van der Waals surface area contributed by atoms with E-state index >= 15 is 0 Å². The number of carbonyl (C=O) groups is 1. The van der Waals surface area contributed by atoms with E-state index < -0.39 is 0 Å². The SMILES string of the molecule is COc1ccc(C(C)(C)CNC(=O)c2cncc3c(C)cccc23)cc1OC. The molecule has 0 aliphatic carbocycles. The average Bonchev–Trinajstić information content (AvgIpc) is 2.71. The van der Waals surface area contributed by atoms with Gasteiger partial charge in [0.25, 0.3) is 5.91 Å². The van der Waals surface area contributed by atoms with Gasteiger partial charge in [-0.3, -0.25) is 9.78 Å². The van der Waals surface area contributed by atoms with E-state index in [1.165, 1.54) is 0 Å². The van der Waals surface area contributed by atoms with E-state index in [0.29, 0.717) is 23.6 Å². The summed E-state index contributed by atoms with van der Waals surface area (Å²) in [5, 5.41) is 4.97. The molecule has 1 heterocycles.